The van der Waals surface area contributed by atoms with Gasteiger partial charge >= 0.3 is 0 Å². The second-order valence-electron chi connectivity index (χ2n) is 5.00. The fraction of sp³-hybridized carbons (Fsp3) is 0.500. The lowest BCUT2D eigenvalue weighted by Gasteiger charge is -2.11. The largest absolute Gasteiger partial charge is 0.387 e. The molecule has 0 saturated heterocycles. The second kappa shape index (κ2) is 8.21. The van der Waals surface area contributed by atoms with E-state index in [9.17, 15) is 14.9 Å². The van der Waals surface area contributed by atoms with E-state index in [1.54, 1.807) is 13.1 Å². The minimum absolute atomic E-state index is 0.0910. The number of hydrogen-bond acceptors (Lipinski definition) is 5. The van der Waals surface area contributed by atoms with Crippen molar-refractivity contribution in [1.29, 1.82) is 0 Å². The quantitative estimate of drug-likeness (QED) is 0.433. The molecule has 1 amide bonds. The molecule has 0 unspecified atom stereocenters. The van der Waals surface area contributed by atoms with Crippen LogP contribution in [0.1, 0.15) is 23.2 Å². The van der Waals surface area contributed by atoms with E-state index in [0.29, 0.717) is 17.8 Å². The van der Waals surface area contributed by atoms with E-state index < -0.39 is 4.92 Å². The lowest BCUT2D eigenvalue weighted by molar-refractivity contribution is -0.384. The van der Waals surface area contributed by atoms with E-state index >= 15 is 0 Å². The van der Waals surface area contributed by atoms with Gasteiger partial charge < -0.3 is 15.5 Å². The molecule has 0 spiro atoms. The number of hydrogen-bond donors (Lipinski definition) is 2. The SMILES string of the molecule is CNc1ccc([N+](=O)[O-])cc1C(=O)NCCCCN(C)C. The van der Waals surface area contributed by atoms with Crippen molar-refractivity contribution >= 4 is 17.3 Å². The van der Waals surface area contributed by atoms with Gasteiger partial charge in [0.05, 0.1) is 10.5 Å². The first kappa shape index (κ1) is 16.9. The maximum absolute atomic E-state index is 12.1. The summed E-state index contributed by atoms with van der Waals surface area (Å²) in [6.07, 6.45) is 1.86. The Hall–Kier alpha value is -2.15. The predicted octanol–water partition coefficient (Wildman–Crippen LogP) is 1.71. The number of amides is 1. The van der Waals surface area contributed by atoms with E-state index in [4.69, 9.17) is 0 Å². The summed E-state index contributed by atoms with van der Waals surface area (Å²) < 4.78 is 0. The first-order chi connectivity index (χ1) is 9.95. The summed E-state index contributed by atoms with van der Waals surface area (Å²) in [4.78, 5) is 24.5. The molecule has 7 nitrogen and oxygen atoms in total. The van der Waals surface area contributed by atoms with Crippen LogP contribution in [0, 0.1) is 10.1 Å². The number of non-ortho nitro benzene ring substituents is 1. The fourth-order valence-corrected chi connectivity index (χ4v) is 1.90. The zero-order chi connectivity index (χ0) is 15.8. The highest BCUT2D eigenvalue weighted by atomic mass is 16.6. The number of nitro benzene ring substituents is 1. The van der Waals surface area contributed by atoms with Gasteiger partial charge in [-0.1, -0.05) is 0 Å². The average molecular weight is 294 g/mol. The van der Waals surface area contributed by atoms with Gasteiger partial charge in [0.2, 0.25) is 0 Å². The van der Waals surface area contributed by atoms with Crippen LogP contribution in [0.15, 0.2) is 18.2 Å². The number of benzene rings is 1. The summed E-state index contributed by atoms with van der Waals surface area (Å²) in [5.74, 6) is -0.298. The molecule has 0 saturated carbocycles. The third-order valence-electron chi connectivity index (χ3n) is 3.05. The lowest BCUT2D eigenvalue weighted by Crippen LogP contribution is -2.26. The highest BCUT2D eigenvalue weighted by molar-refractivity contribution is 6.00. The average Bonchev–Trinajstić information content (AvgIpc) is 2.45. The van der Waals surface area contributed by atoms with Crippen LogP contribution >= 0.6 is 0 Å². The van der Waals surface area contributed by atoms with Crippen LogP contribution in [0.2, 0.25) is 0 Å². The van der Waals surface area contributed by atoms with Gasteiger partial charge in [-0.3, -0.25) is 14.9 Å². The monoisotopic (exact) mass is 294 g/mol. The highest BCUT2D eigenvalue weighted by Crippen LogP contribution is 2.21. The van der Waals surface area contributed by atoms with Crippen LogP contribution in [0.3, 0.4) is 0 Å². The standard InChI is InChI=1S/C14H22N4O3/c1-15-13-7-6-11(18(20)21)10-12(13)14(19)16-8-4-5-9-17(2)3/h6-7,10,15H,4-5,8-9H2,1-3H3,(H,16,19). The smallest absolute Gasteiger partial charge is 0.270 e. The number of rotatable bonds is 8. The molecule has 0 radical (unpaired) electrons. The molecule has 0 fully saturated rings. The summed E-state index contributed by atoms with van der Waals surface area (Å²) >= 11 is 0. The number of anilines is 1. The molecule has 116 valence electrons. The molecule has 0 bridgehead atoms. The molecule has 0 atom stereocenters. The zero-order valence-corrected chi connectivity index (χ0v) is 12.7. The van der Waals surface area contributed by atoms with E-state index in [1.165, 1.54) is 12.1 Å². The van der Waals surface area contributed by atoms with Gasteiger partial charge in [0.15, 0.2) is 0 Å². The van der Waals surface area contributed by atoms with E-state index in [0.717, 1.165) is 19.4 Å². The van der Waals surface area contributed by atoms with Crippen molar-refractivity contribution in [2.24, 2.45) is 0 Å². The Morgan fingerprint density at radius 1 is 1.33 bits per heavy atom. The second-order valence-corrected chi connectivity index (χ2v) is 5.00. The third kappa shape index (κ3) is 5.39. The van der Waals surface area contributed by atoms with Crippen LogP contribution in [-0.2, 0) is 0 Å². The van der Waals surface area contributed by atoms with Crippen LogP contribution in [-0.4, -0.2) is 50.0 Å². The van der Waals surface area contributed by atoms with Crippen molar-refractivity contribution < 1.29 is 9.72 Å². The third-order valence-corrected chi connectivity index (χ3v) is 3.05. The molecule has 2 N–H and O–H groups in total. The van der Waals surface area contributed by atoms with Crippen molar-refractivity contribution in [3.8, 4) is 0 Å². The van der Waals surface area contributed by atoms with Crippen molar-refractivity contribution in [2.45, 2.75) is 12.8 Å². The Bertz CT molecular complexity index is 503. The molecular weight excluding hydrogens is 272 g/mol. The first-order valence-corrected chi connectivity index (χ1v) is 6.85. The Balaban J connectivity index is 2.63. The van der Waals surface area contributed by atoms with Crippen LogP contribution in [0.25, 0.3) is 0 Å². The fourth-order valence-electron chi connectivity index (χ4n) is 1.90. The molecule has 1 rings (SSSR count). The summed E-state index contributed by atoms with van der Waals surface area (Å²) in [5, 5.41) is 16.4. The van der Waals surface area contributed by atoms with Crippen LogP contribution in [0.4, 0.5) is 11.4 Å². The topological polar surface area (TPSA) is 87.5 Å². The summed E-state index contributed by atoms with van der Waals surface area (Å²) in [6, 6.07) is 4.21. The van der Waals surface area contributed by atoms with Gasteiger partial charge in [-0.25, -0.2) is 0 Å². The van der Waals surface area contributed by atoms with Crippen molar-refractivity contribution in [2.75, 3.05) is 39.5 Å². The molecule has 0 aliphatic rings. The molecular formula is C14H22N4O3. The number of nitrogens with one attached hydrogen (secondary N) is 2. The summed E-state index contributed by atoms with van der Waals surface area (Å²) in [6.45, 7) is 1.52. The van der Waals surface area contributed by atoms with Gasteiger partial charge in [-0.2, -0.15) is 0 Å². The molecule has 0 aromatic heterocycles. The normalized spacial score (nSPS) is 10.5. The molecule has 21 heavy (non-hydrogen) atoms. The Kier molecular flexibility index (Phi) is 6.61. The minimum atomic E-state index is -0.507. The van der Waals surface area contributed by atoms with Crippen molar-refractivity contribution in [3.05, 3.63) is 33.9 Å². The summed E-state index contributed by atoms with van der Waals surface area (Å²) in [7, 11) is 5.68. The maximum atomic E-state index is 12.1. The predicted molar refractivity (Wildman–Crippen MR) is 82.8 cm³/mol. The van der Waals surface area contributed by atoms with E-state index in [-0.39, 0.29) is 11.6 Å². The van der Waals surface area contributed by atoms with Crippen molar-refractivity contribution in [3.63, 3.8) is 0 Å². The van der Waals surface area contributed by atoms with Gasteiger partial charge in [-0.05, 0) is 39.5 Å². The number of nitro groups is 1. The molecule has 7 heteroatoms. The Labute approximate surface area is 124 Å². The molecule has 1 aromatic rings. The Morgan fingerprint density at radius 3 is 2.62 bits per heavy atom. The molecule has 0 aliphatic heterocycles. The van der Waals surface area contributed by atoms with E-state index in [2.05, 4.69) is 15.5 Å². The van der Waals surface area contributed by atoms with E-state index in [1.807, 2.05) is 14.1 Å². The number of carbonyl (C=O) groups is 1. The van der Waals surface area contributed by atoms with Crippen molar-refractivity contribution in [1.82, 2.24) is 10.2 Å². The Morgan fingerprint density at radius 2 is 2.05 bits per heavy atom. The summed E-state index contributed by atoms with van der Waals surface area (Å²) in [5.41, 5.74) is 0.775. The van der Waals surface area contributed by atoms with Gasteiger partial charge in [-0.15, -0.1) is 0 Å². The minimum Gasteiger partial charge on any atom is -0.387 e. The lowest BCUT2D eigenvalue weighted by atomic mass is 10.1. The first-order valence-electron chi connectivity index (χ1n) is 6.85. The zero-order valence-electron chi connectivity index (χ0n) is 12.7. The van der Waals surface area contributed by atoms with Crippen LogP contribution in [0.5, 0.6) is 0 Å². The van der Waals surface area contributed by atoms with Gasteiger partial charge in [0.1, 0.15) is 0 Å². The number of nitrogens with zero attached hydrogens (tertiary/aromatic N) is 2. The van der Waals surface area contributed by atoms with Gasteiger partial charge in [0.25, 0.3) is 11.6 Å². The molecule has 0 aliphatic carbocycles. The highest BCUT2D eigenvalue weighted by Gasteiger charge is 2.15. The molecule has 1 aromatic carbocycles. The molecule has 0 heterocycles. The maximum Gasteiger partial charge on any atom is 0.270 e. The van der Waals surface area contributed by atoms with Gasteiger partial charge in [0, 0.05) is 31.4 Å². The number of carbonyl (C=O) groups excluding carboxylic acids is 1. The number of unbranched alkanes of at least 4 members (excludes halogenated alkanes) is 1. The van der Waals surface area contributed by atoms with Crippen LogP contribution < -0.4 is 10.6 Å².